The first-order chi connectivity index (χ1) is 13.1. The summed E-state index contributed by atoms with van der Waals surface area (Å²) in [4.78, 5) is 26.7. The highest BCUT2D eigenvalue weighted by atomic mass is 19.1. The van der Waals surface area contributed by atoms with E-state index in [0.717, 1.165) is 25.7 Å². The molecular formula is C21H23FN2O3. The number of carbonyl (C=O) groups is 2. The van der Waals surface area contributed by atoms with Crippen molar-refractivity contribution in [2.45, 2.75) is 31.7 Å². The molecule has 0 aliphatic heterocycles. The fourth-order valence-corrected chi connectivity index (χ4v) is 3.31. The maximum atomic E-state index is 13.6. The molecule has 27 heavy (non-hydrogen) atoms. The van der Waals surface area contributed by atoms with Gasteiger partial charge in [0.25, 0.3) is 11.8 Å². The van der Waals surface area contributed by atoms with E-state index in [9.17, 15) is 14.0 Å². The van der Waals surface area contributed by atoms with Crippen molar-refractivity contribution >= 4 is 17.5 Å². The lowest BCUT2D eigenvalue weighted by atomic mass is 10.1. The monoisotopic (exact) mass is 370 g/mol. The minimum Gasteiger partial charge on any atom is -0.483 e. The highest BCUT2D eigenvalue weighted by molar-refractivity contribution is 5.97. The van der Waals surface area contributed by atoms with Crippen LogP contribution in [0.3, 0.4) is 0 Å². The van der Waals surface area contributed by atoms with Crippen LogP contribution in [0.2, 0.25) is 0 Å². The van der Waals surface area contributed by atoms with Crippen LogP contribution < -0.4 is 10.1 Å². The summed E-state index contributed by atoms with van der Waals surface area (Å²) in [6, 6.07) is 13.0. The molecule has 0 bridgehead atoms. The van der Waals surface area contributed by atoms with Gasteiger partial charge >= 0.3 is 0 Å². The lowest BCUT2D eigenvalue weighted by Crippen LogP contribution is -2.35. The predicted molar refractivity (Wildman–Crippen MR) is 101 cm³/mol. The summed E-state index contributed by atoms with van der Waals surface area (Å²) in [7, 11) is 1.81. The van der Waals surface area contributed by atoms with E-state index in [1.807, 2.05) is 0 Å². The zero-order valence-electron chi connectivity index (χ0n) is 15.3. The third-order valence-corrected chi connectivity index (χ3v) is 4.82. The summed E-state index contributed by atoms with van der Waals surface area (Å²) in [5.74, 6) is -0.783. The molecule has 0 unspecified atom stereocenters. The number of anilines is 1. The van der Waals surface area contributed by atoms with Crippen LogP contribution in [0.5, 0.6) is 5.75 Å². The van der Waals surface area contributed by atoms with E-state index < -0.39 is 11.7 Å². The van der Waals surface area contributed by atoms with Gasteiger partial charge in [0.2, 0.25) is 0 Å². The molecule has 1 saturated carbocycles. The van der Waals surface area contributed by atoms with Gasteiger partial charge in [-0.15, -0.1) is 0 Å². The topological polar surface area (TPSA) is 58.6 Å². The first-order valence-electron chi connectivity index (χ1n) is 9.09. The van der Waals surface area contributed by atoms with Gasteiger partial charge in [-0.05, 0) is 37.1 Å². The van der Waals surface area contributed by atoms with E-state index >= 15 is 0 Å². The van der Waals surface area contributed by atoms with Gasteiger partial charge in [-0.2, -0.15) is 0 Å². The van der Waals surface area contributed by atoms with Crippen molar-refractivity contribution < 1.29 is 18.7 Å². The van der Waals surface area contributed by atoms with Gasteiger partial charge in [-0.3, -0.25) is 9.59 Å². The molecule has 5 nitrogen and oxygen atoms in total. The second-order valence-electron chi connectivity index (χ2n) is 6.67. The first-order valence-corrected chi connectivity index (χ1v) is 9.09. The Labute approximate surface area is 158 Å². The number of hydrogen-bond donors (Lipinski definition) is 1. The molecule has 0 atom stereocenters. The Bertz CT molecular complexity index is 819. The van der Waals surface area contributed by atoms with Crippen LogP contribution >= 0.6 is 0 Å². The van der Waals surface area contributed by atoms with Gasteiger partial charge in [0, 0.05) is 13.1 Å². The number of amides is 2. The summed E-state index contributed by atoms with van der Waals surface area (Å²) >= 11 is 0. The second-order valence-corrected chi connectivity index (χ2v) is 6.67. The smallest absolute Gasteiger partial charge is 0.262 e. The molecule has 1 N–H and O–H groups in total. The lowest BCUT2D eigenvalue weighted by molar-refractivity contribution is -0.118. The maximum absolute atomic E-state index is 13.6. The molecule has 1 aliphatic carbocycles. The molecule has 2 aromatic carbocycles. The van der Waals surface area contributed by atoms with Gasteiger partial charge in [0.05, 0.1) is 11.3 Å². The maximum Gasteiger partial charge on any atom is 0.262 e. The standard InChI is InChI=1S/C21H23FN2O3/c1-24(15-8-2-3-9-15)21(26)16-10-4-7-13-19(16)27-14-20(25)23-18-12-6-5-11-17(18)22/h4-7,10-13,15H,2-3,8-9,14H2,1H3,(H,23,25). The van der Waals surface area contributed by atoms with Gasteiger partial charge < -0.3 is 15.0 Å². The molecular weight excluding hydrogens is 347 g/mol. The van der Waals surface area contributed by atoms with Crippen molar-refractivity contribution in [3.05, 3.63) is 59.9 Å². The van der Waals surface area contributed by atoms with Crippen molar-refractivity contribution in [3.8, 4) is 5.75 Å². The summed E-state index contributed by atoms with van der Waals surface area (Å²) in [5.41, 5.74) is 0.516. The number of nitrogens with one attached hydrogen (secondary N) is 1. The number of hydrogen-bond acceptors (Lipinski definition) is 3. The van der Waals surface area contributed by atoms with Crippen LogP contribution in [-0.4, -0.2) is 36.4 Å². The van der Waals surface area contributed by atoms with Gasteiger partial charge in [-0.25, -0.2) is 4.39 Å². The number of para-hydroxylation sites is 2. The average molecular weight is 370 g/mol. The zero-order chi connectivity index (χ0) is 19.2. The Morgan fingerprint density at radius 3 is 2.52 bits per heavy atom. The summed E-state index contributed by atoms with van der Waals surface area (Å²) < 4.78 is 19.2. The van der Waals surface area contributed by atoms with Crippen molar-refractivity contribution in [2.24, 2.45) is 0 Å². The van der Waals surface area contributed by atoms with Crippen LogP contribution in [0, 0.1) is 5.82 Å². The molecule has 142 valence electrons. The van der Waals surface area contributed by atoms with Crippen LogP contribution in [0.25, 0.3) is 0 Å². The summed E-state index contributed by atoms with van der Waals surface area (Å²) in [5, 5.41) is 2.46. The normalized spacial score (nSPS) is 14.0. The van der Waals surface area contributed by atoms with Crippen LogP contribution in [0.15, 0.2) is 48.5 Å². The second kappa shape index (κ2) is 8.66. The summed E-state index contributed by atoms with van der Waals surface area (Å²) in [6.45, 7) is -0.314. The minimum atomic E-state index is -0.514. The molecule has 0 heterocycles. The van der Waals surface area contributed by atoms with Crippen molar-refractivity contribution in [1.82, 2.24) is 4.90 Å². The fraction of sp³-hybridized carbons (Fsp3) is 0.333. The molecule has 1 fully saturated rings. The van der Waals surface area contributed by atoms with Crippen molar-refractivity contribution in [1.29, 1.82) is 0 Å². The lowest BCUT2D eigenvalue weighted by Gasteiger charge is -2.25. The summed E-state index contributed by atoms with van der Waals surface area (Å²) in [6.07, 6.45) is 4.29. The molecule has 0 radical (unpaired) electrons. The van der Waals surface area contributed by atoms with Crippen molar-refractivity contribution in [3.63, 3.8) is 0 Å². The van der Waals surface area contributed by atoms with Gasteiger partial charge in [0.1, 0.15) is 11.6 Å². The zero-order valence-corrected chi connectivity index (χ0v) is 15.3. The largest absolute Gasteiger partial charge is 0.483 e. The van der Waals surface area contributed by atoms with E-state index in [4.69, 9.17) is 4.74 Å². The fourth-order valence-electron chi connectivity index (χ4n) is 3.31. The number of benzene rings is 2. The van der Waals surface area contributed by atoms with E-state index in [0.29, 0.717) is 11.3 Å². The van der Waals surface area contributed by atoms with Gasteiger partial charge in [0.15, 0.2) is 6.61 Å². The van der Waals surface area contributed by atoms with E-state index in [-0.39, 0.29) is 24.2 Å². The Kier molecular flexibility index (Phi) is 6.06. The molecule has 1 aliphatic rings. The van der Waals surface area contributed by atoms with E-state index in [2.05, 4.69) is 5.32 Å². The Hall–Kier alpha value is -2.89. The Morgan fingerprint density at radius 2 is 1.78 bits per heavy atom. The SMILES string of the molecule is CN(C(=O)c1ccccc1OCC(=O)Nc1ccccc1F)C1CCCC1. The van der Waals surface area contributed by atoms with E-state index in [1.54, 1.807) is 48.3 Å². The van der Waals surface area contributed by atoms with Crippen molar-refractivity contribution in [2.75, 3.05) is 19.0 Å². The number of carbonyl (C=O) groups excluding carboxylic acids is 2. The Balaban J connectivity index is 1.64. The molecule has 0 aromatic heterocycles. The molecule has 0 spiro atoms. The van der Waals surface area contributed by atoms with Crippen LogP contribution in [0.4, 0.5) is 10.1 Å². The quantitative estimate of drug-likeness (QED) is 0.840. The number of halogens is 1. The molecule has 0 saturated heterocycles. The average Bonchev–Trinajstić information content (AvgIpc) is 3.22. The highest BCUT2D eigenvalue weighted by Crippen LogP contribution is 2.26. The highest BCUT2D eigenvalue weighted by Gasteiger charge is 2.26. The number of ether oxygens (including phenoxy) is 1. The van der Waals surface area contributed by atoms with Gasteiger partial charge in [-0.1, -0.05) is 37.1 Å². The van der Waals surface area contributed by atoms with Crippen LogP contribution in [0.1, 0.15) is 36.0 Å². The third kappa shape index (κ3) is 4.64. The number of nitrogens with zero attached hydrogens (tertiary/aromatic N) is 1. The Morgan fingerprint density at radius 1 is 1.11 bits per heavy atom. The molecule has 6 heteroatoms. The molecule has 2 amide bonds. The minimum absolute atomic E-state index is 0.0939. The third-order valence-electron chi connectivity index (χ3n) is 4.82. The van der Waals surface area contributed by atoms with E-state index in [1.165, 1.54) is 12.1 Å². The van der Waals surface area contributed by atoms with Crippen LogP contribution in [-0.2, 0) is 4.79 Å². The predicted octanol–water partition coefficient (Wildman–Crippen LogP) is 3.86. The molecule has 3 rings (SSSR count). The number of rotatable bonds is 6. The molecule has 2 aromatic rings. The first kappa shape index (κ1) is 18.9.